The molecule has 0 bridgehead atoms. The van der Waals surface area contributed by atoms with Crippen molar-refractivity contribution in [1.82, 2.24) is 10.6 Å². The van der Waals surface area contributed by atoms with Gasteiger partial charge in [-0.2, -0.15) is 5.26 Å². The largest absolute Gasteiger partial charge is 0.342 e. The fourth-order valence-electron chi connectivity index (χ4n) is 3.09. The molecule has 0 saturated heterocycles. The van der Waals surface area contributed by atoms with Crippen LogP contribution in [0.15, 0.2) is 0 Å². The summed E-state index contributed by atoms with van der Waals surface area (Å²) in [6, 6.07) is 1.90. The highest BCUT2D eigenvalue weighted by Gasteiger charge is 2.33. The molecule has 4 nitrogen and oxygen atoms in total. The van der Waals surface area contributed by atoms with Crippen molar-refractivity contribution in [2.45, 2.75) is 46.0 Å². The van der Waals surface area contributed by atoms with E-state index >= 15 is 0 Å². The standard InChI is InChI=1S/C14H25N3O/c1-12(2)9-14(5-3-4-6-14)11-16-10-13(18)17-8-7-15/h12,16H,3-6,8-11H2,1-2H3,(H,17,18). The highest BCUT2D eigenvalue weighted by atomic mass is 16.1. The first-order valence-electron chi connectivity index (χ1n) is 6.92. The number of hydrogen-bond acceptors (Lipinski definition) is 3. The van der Waals surface area contributed by atoms with Crippen molar-refractivity contribution in [1.29, 1.82) is 5.26 Å². The van der Waals surface area contributed by atoms with Crippen LogP contribution in [0, 0.1) is 22.7 Å². The van der Waals surface area contributed by atoms with E-state index < -0.39 is 0 Å². The van der Waals surface area contributed by atoms with Crippen molar-refractivity contribution in [3.63, 3.8) is 0 Å². The number of nitrogens with one attached hydrogen (secondary N) is 2. The van der Waals surface area contributed by atoms with E-state index in [0.29, 0.717) is 17.9 Å². The maximum atomic E-state index is 11.4. The number of carbonyl (C=O) groups is 1. The van der Waals surface area contributed by atoms with Crippen LogP contribution < -0.4 is 10.6 Å². The number of hydrogen-bond donors (Lipinski definition) is 2. The minimum Gasteiger partial charge on any atom is -0.342 e. The smallest absolute Gasteiger partial charge is 0.234 e. The van der Waals surface area contributed by atoms with Gasteiger partial charge in [-0.05, 0) is 30.6 Å². The molecule has 0 aromatic rings. The number of nitrogens with zero attached hydrogens (tertiary/aromatic N) is 1. The van der Waals surface area contributed by atoms with Crippen LogP contribution in [-0.4, -0.2) is 25.5 Å². The van der Waals surface area contributed by atoms with Crippen LogP contribution in [0.1, 0.15) is 46.0 Å². The molecular weight excluding hydrogens is 226 g/mol. The second-order valence-corrected chi connectivity index (χ2v) is 5.84. The number of carbonyl (C=O) groups excluding carboxylic acids is 1. The molecule has 0 heterocycles. The van der Waals surface area contributed by atoms with Crippen LogP contribution in [0.5, 0.6) is 0 Å². The lowest BCUT2D eigenvalue weighted by molar-refractivity contribution is -0.120. The van der Waals surface area contributed by atoms with Crippen molar-refractivity contribution in [2.24, 2.45) is 11.3 Å². The quantitative estimate of drug-likeness (QED) is 0.678. The molecule has 1 saturated carbocycles. The van der Waals surface area contributed by atoms with E-state index in [1.807, 2.05) is 6.07 Å². The topological polar surface area (TPSA) is 64.9 Å². The van der Waals surface area contributed by atoms with Crippen molar-refractivity contribution in [3.05, 3.63) is 0 Å². The van der Waals surface area contributed by atoms with Crippen LogP contribution in [-0.2, 0) is 4.79 Å². The highest BCUT2D eigenvalue weighted by molar-refractivity contribution is 5.78. The normalized spacial score (nSPS) is 17.7. The first-order chi connectivity index (χ1) is 8.58. The summed E-state index contributed by atoms with van der Waals surface area (Å²) in [5.41, 5.74) is 0.393. The lowest BCUT2D eigenvalue weighted by Crippen LogP contribution is -2.39. The molecule has 102 valence electrons. The Morgan fingerprint density at radius 3 is 2.61 bits per heavy atom. The minimum absolute atomic E-state index is 0.0887. The summed E-state index contributed by atoms with van der Waals surface area (Å²) >= 11 is 0. The summed E-state index contributed by atoms with van der Waals surface area (Å²) < 4.78 is 0. The zero-order valence-corrected chi connectivity index (χ0v) is 11.6. The molecule has 0 spiro atoms. The maximum absolute atomic E-state index is 11.4. The summed E-state index contributed by atoms with van der Waals surface area (Å²) in [6.07, 6.45) is 6.42. The third-order valence-electron chi connectivity index (χ3n) is 3.66. The molecule has 1 aliphatic carbocycles. The molecule has 0 unspecified atom stereocenters. The third kappa shape index (κ3) is 5.05. The van der Waals surface area contributed by atoms with E-state index in [1.54, 1.807) is 0 Å². The molecule has 0 aromatic heterocycles. The van der Waals surface area contributed by atoms with Gasteiger partial charge >= 0.3 is 0 Å². The second-order valence-electron chi connectivity index (χ2n) is 5.84. The van der Waals surface area contributed by atoms with E-state index in [-0.39, 0.29) is 12.5 Å². The molecule has 1 aliphatic rings. The molecule has 0 aliphatic heterocycles. The molecule has 1 amide bonds. The Balaban J connectivity index is 2.30. The number of rotatable bonds is 7. The van der Waals surface area contributed by atoms with Gasteiger partial charge < -0.3 is 10.6 Å². The Bertz CT molecular complexity index is 301. The molecule has 0 atom stereocenters. The lowest BCUT2D eigenvalue weighted by Gasteiger charge is -2.31. The summed E-state index contributed by atoms with van der Waals surface area (Å²) in [6.45, 7) is 5.86. The number of amides is 1. The molecule has 1 rings (SSSR count). The van der Waals surface area contributed by atoms with Crippen LogP contribution in [0.4, 0.5) is 0 Å². The van der Waals surface area contributed by atoms with Gasteiger partial charge in [-0.25, -0.2) is 0 Å². The molecule has 0 aromatic carbocycles. The Morgan fingerprint density at radius 1 is 1.39 bits per heavy atom. The first kappa shape index (κ1) is 15.0. The van der Waals surface area contributed by atoms with Crippen molar-refractivity contribution >= 4 is 5.91 Å². The first-order valence-corrected chi connectivity index (χ1v) is 6.92. The Hall–Kier alpha value is -1.08. The average Bonchev–Trinajstić information content (AvgIpc) is 2.74. The van der Waals surface area contributed by atoms with Crippen LogP contribution >= 0.6 is 0 Å². The Labute approximate surface area is 110 Å². The van der Waals surface area contributed by atoms with Crippen molar-refractivity contribution in [3.8, 4) is 6.07 Å². The zero-order chi connectivity index (χ0) is 13.4. The van der Waals surface area contributed by atoms with Crippen LogP contribution in [0.2, 0.25) is 0 Å². The molecule has 18 heavy (non-hydrogen) atoms. The predicted molar refractivity (Wildman–Crippen MR) is 71.8 cm³/mol. The van der Waals surface area contributed by atoms with Gasteiger partial charge in [0.15, 0.2) is 0 Å². The van der Waals surface area contributed by atoms with Crippen LogP contribution in [0.25, 0.3) is 0 Å². The van der Waals surface area contributed by atoms with Gasteiger partial charge in [0.2, 0.25) is 5.91 Å². The minimum atomic E-state index is -0.0887. The van der Waals surface area contributed by atoms with E-state index in [1.165, 1.54) is 32.1 Å². The maximum Gasteiger partial charge on any atom is 0.234 e. The van der Waals surface area contributed by atoms with E-state index in [0.717, 1.165) is 6.54 Å². The Kier molecular flexibility index (Phi) is 6.14. The lowest BCUT2D eigenvalue weighted by atomic mass is 9.78. The summed E-state index contributed by atoms with van der Waals surface area (Å²) in [5.74, 6) is 0.617. The molecular formula is C14H25N3O. The number of nitriles is 1. The van der Waals surface area contributed by atoms with Gasteiger partial charge in [0.1, 0.15) is 6.54 Å². The zero-order valence-electron chi connectivity index (χ0n) is 11.6. The fraction of sp³-hybridized carbons (Fsp3) is 0.857. The van der Waals surface area contributed by atoms with Gasteiger partial charge in [-0.1, -0.05) is 26.7 Å². The van der Waals surface area contributed by atoms with E-state index in [9.17, 15) is 4.79 Å². The fourth-order valence-corrected chi connectivity index (χ4v) is 3.09. The summed E-state index contributed by atoms with van der Waals surface area (Å²) in [5, 5.41) is 14.2. The van der Waals surface area contributed by atoms with Gasteiger partial charge in [0, 0.05) is 6.54 Å². The molecule has 2 N–H and O–H groups in total. The van der Waals surface area contributed by atoms with Gasteiger partial charge in [0.25, 0.3) is 0 Å². The molecule has 4 heteroatoms. The highest BCUT2D eigenvalue weighted by Crippen LogP contribution is 2.42. The van der Waals surface area contributed by atoms with Crippen LogP contribution in [0.3, 0.4) is 0 Å². The monoisotopic (exact) mass is 251 g/mol. The third-order valence-corrected chi connectivity index (χ3v) is 3.66. The SMILES string of the molecule is CC(C)CC1(CNCC(=O)NCC#N)CCCC1. The Morgan fingerprint density at radius 2 is 2.06 bits per heavy atom. The van der Waals surface area contributed by atoms with Crippen molar-refractivity contribution < 1.29 is 4.79 Å². The van der Waals surface area contributed by atoms with Gasteiger partial charge in [-0.3, -0.25) is 4.79 Å². The molecule has 1 fully saturated rings. The second kappa shape index (κ2) is 7.38. The molecule has 0 radical (unpaired) electrons. The average molecular weight is 251 g/mol. The van der Waals surface area contributed by atoms with E-state index in [4.69, 9.17) is 5.26 Å². The van der Waals surface area contributed by atoms with E-state index in [2.05, 4.69) is 24.5 Å². The predicted octanol–water partition coefficient (Wildman–Crippen LogP) is 1.82. The van der Waals surface area contributed by atoms with Gasteiger partial charge in [-0.15, -0.1) is 0 Å². The van der Waals surface area contributed by atoms with Crippen molar-refractivity contribution in [2.75, 3.05) is 19.6 Å². The van der Waals surface area contributed by atoms with Gasteiger partial charge in [0.05, 0.1) is 12.6 Å². The summed E-state index contributed by atoms with van der Waals surface area (Å²) in [4.78, 5) is 11.4. The summed E-state index contributed by atoms with van der Waals surface area (Å²) in [7, 11) is 0.